The Labute approximate surface area is 187 Å². The molecule has 2 heterocycles. The molecule has 4 rings (SSSR count). The van der Waals surface area contributed by atoms with Crippen LogP contribution in [-0.2, 0) is 21.3 Å². The standard InChI is InChI=1S/C24H25N3O4S/c1-19-8-10-20(11-9-19)18-26-12-3-2-7-23(26)25-24(28)21-5-4-6-22(17-21)32(29,30)27-13-15-31-16-14-27/h2-12,17H,13-16,18H2,1H3. The van der Waals surface area contributed by atoms with Crippen LogP contribution in [0.1, 0.15) is 21.5 Å². The maximum atomic E-state index is 12.9. The van der Waals surface area contributed by atoms with Gasteiger partial charge < -0.3 is 9.30 Å². The molecular weight excluding hydrogens is 426 g/mol. The number of aryl methyl sites for hydroxylation is 1. The zero-order valence-corrected chi connectivity index (χ0v) is 18.7. The third-order valence-corrected chi connectivity index (χ3v) is 7.19. The Morgan fingerprint density at radius 1 is 1.00 bits per heavy atom. The predicted octanol–water partition coefficient (Wildman–Crippen LogP) is 2.61. The smallest absolute Gasteiger partial charge is 0.278 e. The highest BCUT2D eigenvalue weighted by Crippen LogP contribution is 2.18. The van der Waals surface area contributed by atoms with Gasteiger partial charge in [0.1, 0.15) is 5.49 Å². The second-order valence-corrected chi connectivity index (χ2v) is 9.57. The van der Waals surface area contributed by atoms with Crippen molar-refractivity contribution >= 4 is 15.9 Å². The lowest BCUT2D eigenvalue weighted by atomic mass is 10.1. The zero-order valence-electron chi connectivity index (χ0n) is 17.8. The summed E-state index contributed by atoms with van der Waals surface area (Å²) in [6, 6.07) is 19.7. The molecule has 1 saturated heterocycles. The van der Waals surface area contributed by atoms with Crippen molar-refractivity contribution in [2.75, 3.05) is 26.3 Å². The average Bonchev–Trinajstić information content (AvgIpc) is 2.82. The van der Waals surface area contributed by atoms with Crippen molar-refractivity contribution in [3.8, 4) is 0 Å². The van der Waals surface area contributed by atoms with Crippen molar-refractivity contribution in [3.63, 3.8) is 0 Å². The summed E-state index contributed by atoms with van der Waals surface area (Å²) in [7, 11) is -3.69. The molecule has 0 atom stereocenters. The number of benzene rings is 2. The molecule has 0 aliphatic carbocycles. The molecule has 2 aromatic carbocycles. The number of carbonyl (C=O) groups excluding carboxylic acids is 1. The van der Waals surface area contributed by atoms with E-state index >= 15 is 0 Å². The molecule has 0 spiro atoms. The second-order valence-electron chi connectivity index (χ2n) is 7.63. The van der Waals surface area contributed by atoms with E-state index in [-0.39, 0.29) is 10.5 Å². The van der Waals surface area contributed by atoms with Gasteiger partial charge in [0, 0.05) is 31.4 Å². The Hall–Kier alpha value is -3.07. The van der Waals surface area contributed by atoms with Gasteiger partial charge in [-0.05, 0) is 42.8 Å². The second kappa shape index (κ2) is 9.60. The first-order chi connectivity index (χ1) is 15.4. The molecule has 3 aromatic rings. The quantitative estimate of drug-likeness (QED) is 0.597. The van der Waals surface area contributed by atoms with Crippen LogP contribution >= 0.6 is 0 Å². The third kappa shape index (κ3) is 5.04. The van der Waals surface area contributed by atoms with Gasteiger partial charge in [-0.25, -0.2) is 8.42 Å². The molecule has 0 radical (unpaired) electrons. The van der Waals surface area contributed by atoms with Crippen molar-refractivity contribution < 1.29 is 17.9 Å². The predicted molar refractivity (Wildman–Crippen MR) is 121 cm³/mol. The van der Waals surface area contributed by atoms with E-state index in [4.69, 9.17) is 4.74 Å². The van der Waals surface area contributed by atoms with Crippen molar-refractivity contribution in [2.24, 2.45) is 4.99 Å². The fraction of sp³-hybridized carbons (Fsp3) is 0.250. The lowest BCUT2D eigenvalue weighted by molar-refractivity contribution is 0.0730. The molecular formula is C24H25N3O4S. The van der Waals surface area contributed by atoms with Crippen molar-refractivity contribution in [1.82, 2.24) is 8.87 Å². The highest BCUT2D eigenvalue weighted by atomic mass is 32.2. The van der Waals surface area contributed by atoms with Gasteiger partial charge in [-0.2, -0.15) is 9.30 Å². The molecule has 1 amide bonds. The molecule has 1 aliphatic heterocycles. The topological polar surface area (TPSA) is 81.0 Å². The van der Waals surface area contributed by atoms with E-state index in [0.717, 1.165) is 5.56 Å². The Morgan fingerprint density at radius 2 is 1.75 bits per heavy atom. The van der Waals surface area contributed by atoms with E-state index in [1.165, 1.54) is 22.0 Å². The van der Waals surface area contributed by atoms with Crippen LogP contribution < -0.4 is 5.49 Å². The van der Waals surface area contributed by atoms with E-state index < -0.39 is 15.9 Å². The molecule has 1 aromatic heterocycles. The van der Waals surface area contributed by atoms with Crippen LogP contribution in [0.4, 0.5) is 0 Å². The third-order valence-electron chi connectivity index (χ3n) is 5.30. The zero-order chi connectivity index (χ0) is 22.6. The molecule has 0 N–H and O–H groups in total. The number of carbonyl (C=O) groups is 1. The highest BCUT2D eigenvalue weighted by Gasteiger charge is 2.26. The number of hydrogen-bond acceptors (Lipinski definition) is 4. The minimum atomic E-state index is -3.69. The van der Waals surface area contributed by atoms with E-state index in [1.807, 2.05) is 54.1 Å². The minimum Gasteiger partial charge on any atom is -0.379 e. The number of sulfonamides is 1. The van der Waals surface area contributed by atoms with Crippen LogP contribution in [-0.4, -0.2) is 49.5 Å². The summed E-state index contributed by atoms with van der Waals surface area (Å²) in [6.45, 7) is 3.93. The fourth-order valence-corrected chi connectivity index (χ4v) is 4.94. The van der Waals surface area contributed by atoms with Crippen molar-refractivity contribution in [3.05, 3.63) is 95.1 Å². The van der Waals surface area contributed by atoms with Gasteiger partial charge in [0.15, 0.2) is 0 Å². The van der Waals surface area contributed by atoms with Gasteiger partial charge in [-0.3, -0.25) is 4.79 Å². The largest absolute Gasteiger partial charge is 0.379 e. The Kier molecular flexibility index (Phi) is 6.64. The van der Waals surface area contributed by atoms with Crippen LogP contribution in [0.15, 0.2) is 82.8 Å². The molecule has 0 unspecified atom stereocenters. The lowest BCUT2D eigenvalue weighted by Crippen LogP contribution is -2.40. The van der Waals surface area contributed by atoms with Gasteiger partial charge in [0.05, 0.1) is 18.1 Å². The van der Waals surface area contributed by atoms with Crippen molar-refractivity contribution in [2.45, 2.75) is 18.4 Å². The maximum Gasteiger partial charge on any atom is 0.278 e. The number of hydrogen-bond donors (Lipinski definition) is 0. The summed E-state index contributed by atoms with van der Waals surface area (Å²) in [5.41, 5.74) is 3.00. The number of nitrogens with zero attached hydrogens (tertiary/aromatic N) is 3. The van der Waals surface area contributed by atoms with E-state index in [0.29, 0.717) is 38.3 Å². The Morgan fingerprint density at radius 3 is 2.50 bits per heavy atom. The van der Waals surface area contributed by atoms with Crippen LogP contribution in [0, 0.1) is 6.92 Å². The normalized spacial score (nSPS) is 15.6. The summed E-state index contributed by atoms with van der Waals surface area (Å²) in [5.74, 6) is -0.493. The summed E-state index contributed by atoms with van der Waals surface area (Å²) < 4.78 is 34.4. The van der Waals surface area contributed by atoms with Crippen molar-refractivity contribution in [1.29, 1.82) is 0 Å². The number of ether oxygens (including phenoxy) is 1. The first-order valence-corrected chi connectivity index (χ1v) is 11.9. The SMILES string of the molecule is Cc1ccc(Cn2ccccc2=NC(=O)c2cccc(S(=O)(=O)N3CCOCC3)c2)cc1. The molecule has 8 heteroatoms. The fourth-order valence-electron chi connectivity index (χ4n) is 3.49. The number of amides is 1. The van der Waals surface area contributed by atoms with Gasteiger partial charge in [-0.15, -0.1) is 0 Å². The molecule has 1 aliphatic rings. The van der Waals surface area contributed by atoms with Gasteiger partial charge in [0.2, 0.25) is 10.0 Å². The summed E-state index contributed by atoms with van der Waals surface area (Å²) in [6.07, 6.45) is 1.87. The monoisotopic (exact) mass is 451 g/mol. The van der Waals surface area contributed by atoms with Gasteiger partial charge in [-0.1, -0.05) is 42.0 Å². The van der Waals surface area contributed by atoms with E-state index in [9.17, 15) is 13.2 Å². The maximum absolute atomic E-state index is 12.9. The Balaban J connectivity index is 1.62. The van der Waals surface area contributed by atoms with E-state index in [2.05, 4.69) is 4.99 Å². The van der Waals surface area contributed by atoms with Crippen LogP contribution in [0.25, 0.3) is 0 Å². The minimum absolute atomic E-state index is 0.0843. The highest BCUT2D eigenvalue weighted by molar-refractivity contribution is 7.89. The number of rotatable bonds is 5. The molecule has 1 fully saturated rings. The first kappa shape index (κ1) is 22.1. The van der Waals surface area contributed by atoms with Crippen LogP contribution in [0.3, 0.4) is 0 Å². The molecule has 0 bridgehead atoms. The molecule has 0 saturated carbocycles. The lowest BCUT2D eigenvalue weighted by Gasteiger charge is -2.26. The number of morpholine rings is 1. The molecule has 32 heavy (non-hydrogen) atoms. The summed E-state index contributed by atoms with van der Waals surface area (Å²) >= 11 is 0. The Bertz CT molecular complexity index is 1270. The molecule has 7 nitrogen and oxygen atoms in total. The average molecular weight is 452 g/mol. The van der Waals surface area contributed by atoms with E-state index in [1.54, 1.807) is 18.2 Å². The van der Waals surface area contributed by atoms with Gasteiger partial charge >= 0.3 is 0 Å². The number of pyridine rings is 1. The first-order valence-electron chi connectivity index (χ1n) is 10.4. The van der Waals surface area contributed by atoms with Crippen LogP contribution in [0.2, 0.25) is 0 Å². The molecule has 166 valence electrons. The number of aromatic nitrogens is 1. The van der Waals surface area contributed by atoms with Gasteiger partial charge in [0.25, 0.3) is 5.91 Å². The summed E-state index contributed by atoms with van der Waals surface area (Å²) in [4.78, 5) is 17.3. The van der Waals surface area contributed by atoms with Crippen LogP contribution in [0.5, 0.6) is 0 Å². The summed E-state index contributed by atoms with van der Waals surface area (Å²) in [5, 5.41) is 0.